The highest BCUT2D eigenvalue weighted by Gasteiger charge is 2.12. The van der Waals surface area contributed by atoms with Crippen LogP contribution in [0.5, 0.6) is 11.5 Å². The average Bonchev–Trinajstić information content (AvgIpc) is 2.67. The zero-order chi connectivity index (χ0) is 18.5. The van der Waals surface area contributed by atoms with E-state index in [-0.39, 0.29) is 5.91 Å². The molecule has 6 heteroatoms. The maximum atomic E-state index is 12.6. The van der Waals surface area contributed by atoms with Gasteiger partial charge in [-0.05, 0) is 36.2 Å². The molecule has 0 radical (unpaired) electrons. The van der Waals surface area contributed by atoms with Gasteiger partial charge in [-0.25, -0.2) is 4.98 Å². The number of carbonyl (C=O) groups excluding carboxylic acids is 1. The molecule has 0 saturated heterocycles. The second-order valence-electron chi connectivity index (χ2n) is 5.70. The monoisotopic (exact) mass is 370 g/mol. The van der Waals surface area contributed by atoms with Crippen LogP contribution < -0.4 is 14.8 Å². The third-order valence-corrected chi connectivity index (χ3v) is 4.27. The van der Waals surface area contributed by atoms with Crippen LogP contribution in [0.25, 0.3) is 10.9 Å². The van der Waals surface area contributed by atoms with Crippen LogP contribution in [0.2, 0.25) is 5.15 Å². The van der Waals surface area contributed by atoms with Gasteiger partial charge in [-0.3, -0.25) is 4.79 Å². The largest absolute Gasteiger partial charge is 0.493 e. The highest BCUT2D eigenvalue weighted by atomic mass is 35.5. The quantitative estimate of drug-likeness (QED) is 0.669. The number of hydrogen-bond acceptors (Lipinski definition) is 4. The van der Waals surface area contributed by atoms with Crippen LogP contribution in [0.1, 0.15) is 15.9 Å². The molecule has 0 unspecified atom stereocenters. The first kappa shape index (κ1) is 18.0. The Morgan fingerprint density at radius 2 is 1.85 bits per heavy atom. The van der Waals surface area contributed by atoms with E-state index in [1.165, 1.54) is 0 Å². The summed E-state index contributed by atoms with van der Waals surface area (Å²) in [6.45, 7) is 0.489. The molecule has 2 aromatic carbocycles. The molecule has 0 bridgehead atoms. The first-order valence-corrected chi connectivity index (χ1v) is 8.54. The first-order chi connectivity index (χ1) is 12.6. The summed E-state index contributed by atoms with van der Waals surface area (Å²) in [5, 5.41) is 4.01. The molecule has 0 spiro atoms. The van der Waals surface area contributed by atoms with Crippen LogP contribution in [0, 0.1) is 0 Å². The molecule has 26 heavy (non-hydrogen) atoms. The van der Waals surface area contributed by atoms with Crippen LogP contribution in [0.3, 0.4) is 0 Å². The summed E-state index contributed by atoms with van der Waals surface area (Å²) in [5.74, 6) is 1.17. The molecule has 0 fully saturated rings. The van der Waals surface area contributed by atoms with Crippen molar-refractivity contribution in [3.8, 4) is 11.5 Å². The second-order valence-corrected chi connectivity index (χ2v) is 6.09. The zero-order valence-corrected chi connectivity index (χ0v) is 15.3. The van der Waals surface area contributed by atoms with Crippen molar-refractivity contribution in [2.24, 2.45) is 0 Å². The van der Waals surface area contributed by atoms with E-state index in [1.807, 2.05) is 42.5 Å². The van der Waals surface area contributed by atoms with Crippen molar-refractivity contribution in [1.29, 1.82) is 0 Å². The number of ether oxygens (including phenoxy) is 2. The fraction of sp³-hybridized carbons (Fsp3) is 0.200. The molecular weight excluding hydrogens is 352 g/mol. The minimum absolute atomic E-state index is 0.175. The topological polar surface area (TPSA) is 60.5 Å². The lowest BCUT2D eigenvalue weighted by atomic mass is 10.1. The SMILES string of the molecule is COc1ccc(CCNC(=O)c2cc(Cl)nc3ccccc23)cc1OC. The Kier molecular flexibility index (Phi) is 5.58. The van der Waals surface area contributed by atoms with Crippen molar-refractivity contribution in [3.05, 3.63) is 64.8 Å². The number of benzene rings is 2. The number of carbonyl (C=O) groups is 1. The molecular formula is C20H19ClN2O3. The Hall–Kier alpha value is -2.79. The van der Waals surface area contributed by atoms with Gasteiger partial charge >= 0.3 is 0 Å². The number of para-hydroxylation sites is 1. The van der Waals surface area contributed by atoms with Crippen molar-refractivity contribution >= 4 is 28.4 Å². The van der Waals surface area contributed by atoms with E-state index in [0.717, 1.165) is 10.9 Å². The summed E-state index contributed by atoms with van der Waals surface area (Å²) < 4.78 is 10.5. The van der Waals surface area contributed by atoms with Crippen molar-refractivity contribution in [3.63, 3.8) is 0 Å². The molecule has 0 aliphatic carbocycles. The third-order valence-electron chi connectivity index (χ3n) is 4.08. The Morgan fingerprint density at radius 3 is 2.62 bits per heavy atom. The van der Waals surface area contributed by atoms with E-state index in [4.69, 9.17) is 21.1 Å². The van der Waals surface area contributed by atoms with Gasteiger partial charge in [-0.2, -0.15) is 0 Å². The Balaban J connectivity index is 1.70. The first-order valence-electron chi connectivity index (χ1n) is 8.16. The van der Waals surface area contributed by atoms with E-state index >= 15 is 0 Å². The van der Waals surface area contributed by atoms with E-state index in [9.17, 15) is 4.79 Å². The smallest absolute Gasteiger partial charge is 0.252 e. The minimum Gasteiger partial charge on any atom is -0.493 e. The Bertz CT molecular complexity index is 943. The van der Waals surface area contributed by atoms with Crippen molar-refractivity contribution in [2.75, 3.05) is 20.8 Å². The number of hydrogen-bond donors (Lipinski definition) is 1. The number of amides is 1. The van der Waals surface area contributed by atoms with Crippen molar-refractivity contribution in [2.45, 2.75) is 6.42 Å². The maximum absolute atomic E-state index is 12.6. The van der Waals surface area contributed by atoms with E-state index in [0.29, 0.717) is 40.7 Å². The molecule has 0 saturated carbocycles. The molecule has 1 N–H and O–H groups in total. The summed E-state index contributed by atoms with van der Waals surface area (Å²) in [7, 11) is 3.20. The number of halogens is 1. The summed E-state index contributed by atoms with van der Waals surface area (Å²) in [6, 6.07) is 14.7. The van der Waals surface area contributed by atoms with Gasteiger partial charge in [0, 0.05) is 11.9 Å². The Labute approximate surface area is 156 Å². The normalized spacial score (nSPS) is 10.6. The standard InChI is InChI=1S/C20H19ClN2O3/c1-25-17-8-7-13(11-18(17)26-2)9-10-22-20(24)15-12-19(21)23-16-6-4-3-5-14(15)16/h3-8,11-12H,9-10H2,1-2H3,(H,22,24). The molecule has 1 heterocycles. The zero-order valence-electron chi connectivity index (χ0n) is 14.6. The molecule has 0 atom stereocenters. The van der Waals surface area contributed by atoms with Gasteiger partial charge in [0.1, 0.15) is 5.15 Å². The van der Waals surface area contributed by atoms with Gasteiger partial charge in [0.05, 0.1) is 25.3 Å². The molecule has 3 rings (SSSR count). The minimum atomic E-state index is -0.175. The summed E-state index contributed by atoms with van der Waals surface area (Å²) >= 11 is 6.04. The van der Waals surface area contributed by atoms with Crippen LogP contribution >= 0.6 is 11.6 Å². The van der Waals surface area contributed by atoms with Crippen LogP contribution in [-0.2, 0) is 6.42 Å². The number of fused-ring (bicyclic) bond motifs is 1. The second kappa shape index (κ2) is 8.06. The fourth-order valence-electron chi connectivity index (χ4n) is 2.78. The molecule has 1 aromatic heterocycles. The number of nitrogens with zero attached hydrogens (tertiary/aromatic N) is 1. The van der Waals surface area contributed by atoms with Crippen LogP contribution in [0.4, 0.5) is 0 Å². The summed E-state index contributed by atoms with van der Waals surface area (Å²) in [5.41, 5.74) is 2.26. The highest BCUT2D eigenvalue weighted by molar-refractivity contribution is 6.30. The number of methoxy groups -OCH3 is 2. The van der Waals surface area contributed by atoms with Gasteiger partial charge in [0.15, 0.2) is 11.5 Å². The van der Waals surface area contributed by atoms with Gasteiger partial charge in [-0.15, -0.1) is 0 Å². The molecule has 1 amide bonds. The number of nitrogens with one attached hydrogen (secondary N) is 1. The lowest BCUT2D eigenvalue weighted by Crippen LogP contribution is -2.26. The van der Waals surface area contributed by atoms with E-state index in [2.05, 4.69) is 10.3 Å². The van der Waals surface area contributed by atoms with Gasteiger partial charge in [0.2, 0.25) is 0 Å². The number of aromatic nitrogens is 1. The van der Waals surface area contributed by atoms with Crippen molar-refractivity contribution < 1.29 is 14.3 Å². The number of pyridine rings is 1. The molecule has 5 nitrogen and oxygen atoms in total. The molecule has 134 valence electrons. The molecule has 0 aliphatic rings. The lowest BCUT2D eigenvalue weighted by molar-refractivity contribution is 0.0955. The predicted octanol–water partition coefficient (Wildman–Crippen LogP) is 3.88. The van der Waals surface area contributed by atoms with Gasteiger partial charge < -0.3 is 14.8 Å². The van der Waals surface area contributed by atoms with Crippen LogP contribution in [-0.4, -0.2) is 31.7 Å². The average molecular weight is 371 g/mol. The van der Waals surface area contributed by atoms with Crippen LogP contribution in [0.15, 0.2) is 48.5 Å². The third kappa shape index (κ3) is 3.89. The maximum Gasteiger partial charge on any atom is 0.252 e. The summed E-state index contributed by atoms with van der Waals surface area (Å²) in [4.78, 5) is 16.8. The van der Waals surface area contributed by atoms with Gasteiger partial charge in [0.25, 0.3) is 5.91 Å². The highest BCUT2D eigenvalue weighted by Crippen LogP contribution is 2.27. The molecule has 3 aromatic rings. The number of rotatable bonds is 6. The van der Waals surface area contributed by atoms with Gasteiger partial charge in [-0.1, -0.05) is 35.9 Å². The van der Waals surface area contributed by atoms with E-state index in [1.54, 1.807) is 20.3 Å². The summed E-state index contributed by atoms with van der Waals surface area (Å²) in [6.07, 6.45) is 0.669. The van der Waals surface area contributed by atoms with Crippen molar-refractivity contribution in [1.82, 2.24) is 10.3 Å². The molecule has 0 aliphatic heterocycles. The lowest BCUT2D eigenvalue weighted by Gasteiger charge is -2.11. The predicted molar refractivity (Wildman–Crippen MR) is 102 cm³/mol. The van der Waals surface area contributed by atoms with E-state index < -0.39 is 0 Å². The fourth-order valence-corrected chi connectivity index (χ4v) is 2.98. The Morgan fingerprint density at radius 1 is 1.08 bits per heavy atom.